The summed E-state index contributed by atoms with van der Waals surface area (Å²) in [6.07, 6.45) is 0.116. The fourth-order valence-electron chi connectivity index (χ4n) is 5.59. The summed E-state index contributed by atoms with van der Waals surface area (Å²) in [4.78, 5) is 51.0. The zero-order chi connectivity index (χ0) is 33.9. The Labute approximate surface area is 274 Å². The van der Waals surface area contributed by atoms with Crippen molar-refractivity contribution in [2.45, 2.75) is 65.7 Å². The maximum absolute atomic E-state index is 15.6. The summed E-state index contributed by atoms with van der Waals surface area (Å²) < 4.78 is 38.9. The fraction of sp³-hybridized carbons (Fsp3) is 0.500. The molecule has 3 atom stereocenters. The van der Waals surface area contributed by atoms with E-state index in [4.69, 9.17) is 24.1 Å². The Balaban J connectivity index is 1.39. The average molecular weight is 710 g/mol. The van der Waals surface area contributed by atoms with Crippen LogP contribution in [0, 0.1) is 17.7 Å². The summed E-state index contributed by atoms with van der Waals surface area (Å²) >= 11 is 3.53. The van der Waals surface area contributed by atoms with E-state index in [-0.39, 0.29) is 55.6 Å². The number of carboxylic acids is 2. The lowest BCUT2D eigenvalue weighted by Crippen LogP contribution is -2.31. The van der Waals surface area contributed by atoms with Gasteiger partial charge in [-0.05, 0) is 46.1 Å². The summed E-state index contributed by atoms with van der Waals surface area (Å²) in [7, 11) is 2.84. The average Bonchev–Trinajstić information content (AvgIpc) is 3.59. The van der Waals surface area contributed by atoms with Gasteiger partial charge in [0.05, 0.1) is 49.8 Å². The third kappa shape index (κ3) is 7.16. The molecule has 250 valence electrons. The van der Waals surface area contributed by atoms with Crippen LogP contribution < -0.4 is 18.9 Å². The Hall–Kier alpha value is -4.07. The first kappa shape index (κ1) is 34.8. The Bertz CT molecular complexity index is 1530. The van der Waals surface area contributed by atoms with E-state index < -0.39 is 41.5 Å². The number of rotatable bonds is 14. The van der Waals surface area contributed by atoms with Crippen LogP contribution in [0.5, 0.6) is 23.0 Å². The van der Waals surface area contributed by atoms with E-state index in [0.717, 1.165) is 11.1 Å². The van der Waals surface area contributed by atoms with Crippen LogP contribution in [0.1, 0.15) is 68.3 Å². The predicted molar refractivity (Wildman–Crippen MR) is 165 cm³/mol. The third-order valence-electron chi connectivity index (χ3n) is 8.33. The van der Waals surface area contributed by atoms with Gasteiger partial charge >= 0.3 is 11.9 Å². The van der Waals surface area contributed by atoms with E-state index in [1.165, 1.54) is 33.0 Å². The van der Waals surface area contributed by atoms with Crippen molar-refractivity contribution in [3.63, 3.8) is 0 Å². The van der Waals surface area contributed by atoms with Gasteiger partial charge in [0.15, 0.2) is 28.8 Å². The van der Waals surface area contributed by atoms with Crippen molar-refractivity contribution in [2.24, 2.45) is 11.8 Å². The van der Waals surface area contributed by atoms with Crippen LogP contribution in [0.2, 0.25) is 0 Å². The molecule has 3 unspecified atom stereocenters. The molecule has 2 aromatic rings. The number of carbonyl (C=O) groups excluding carboxylic acids is 2. The molecule has 2 N–H and O–H groups in total. The molecule has 2 aliphatic heterocycles. The van der Waals surface area contributed by atoms with Gasteiger partial charge in [-0.3, -0.25) is 19.2 Å². The molecule has 0 radical (unpaired) electrons. The van der Waals surface area contributed by atoms with Crippen molar-refractivity contribution < 1.29 is 52.7 Å². The molecular weight excluding hydrogens is 671 g/mol. The van der Waals surface area contributed by atoms with E-state index in [2.05, 4.69) is 15.9 Å². The highest BCUT2D eigenvalue weighted by molar-refractivity contribution is 9.10. The van der Waals surface area contributed by atoms with Crippen LogP contribution in [-0.4, -0.2) is 71.2 Å². The van der Waals surface area contributed by atoms with E-state index in [0.29, 0.717) is 41.0 Å². The second-order valence-electron chi connectivity index (χ2n) is 11.5. The number of amides is 2. The number of fused-ring (bicyclic) bond motifs is 2. The maximum atomic E-state index is 15.6. The topological polar surface area (TPSA) is 152 Å². The third-order valence-corrected chi connectivity index (χ3v) is 9.12. The summed E-state index contributed by atoms with van der Waals surface area (Å²) in [6, 6.07) is 3.09. The standard InChI is InChI=1S/C32H38BrFN2O10/c1-16(31(39)40)9-24(37)35-13-19-11-22(43-4)23(12-20(19)14-35)45-7-6-8-46-29-27(33)26-18(3)36(25(38)10-17(2)32(41)42)15-21(26)28(34)30(29)44-5/h11-12,16-18H,6-10,13-15H2,1-5H3,(H,39,40)(H,41,42). The molecule has 0 spiro atoms. The Morgan fingerprint density at radius 2 is 1.46 bits per heavy atom. The second kappa shape index (κ2) is 14.6. The molecule has 46 heavy (non-hydrogen) atoms. The number of methoxy groups -OCH3 is 2. The molecule has 2 amide bonds. The molecule has 0 aliphatic carbocycles. The molecular formula is C32H38BrFN2O10. The highest BCUT2D eigenvalue weighted by Crippen LogP contribution is 2.49. The summed E-state index contributed by atoms with van der Waals surface area (Å²) in [5, 5.41) is 18.3. The smallest absolute Gasteiger partial charge is 0.306 e. The number of halogens is 2. The highest BCUT2D eigenvalue weighted by Gasteiger charge is 2.39. The first-order chi connectivity index (χ1) is 21.8. The van der Waals surface area contributed by atoms with E-state index in [1.54, 1.807) is 11.8 Å². The van der Waals surface area contributed by atoms with Gasteiger partial charge in [0.25, 0.3) is 0 Å². The molecule has 0 saturated carbocycles. The lowest BCUT2D eigenvalue weighted by Gasteiger charge is -2.23. The number of carbonyl (C=O) groups is 4. The van der Waals surface area contributed by atoms with Gasteiger partial charge in [-0.1, -0.05) is 13.8 Å². The van der Waals surface area contributed by atoms with E-state index in [1.807, 2.05) is 12.1 Å². The quantitative estimate of drug-likeness (QED) is 0.259. The molecule has 2 aliphatic rings. The van der Waals surface area contributed by atoms with Gasteiger partial charge in [0.1, 0.15) is 0 Å². The predicted octanol–water partition coefficient (Wildman–Crippen LogP) is 4.92. The van der Waals surface area contributed by atoms with Gasteiger partial charge in [0.2, 0.25) is 11.8 Å². The number of benzene rings is 2. The van der Waals surface area contributed by atoms with E-state index >= 15 is 4.39 Å². The highest BCUT2D eigenvalue weighted by atomic mass is 79.9. The normalized spacial score (nSPS) is 16.4. The second-order valence-corrected chi connectivity index (χ2v) is 12.3. The minimum absolute atomic E-state index is 0.0213. The largest absolute Gasteiger partial charge is 0.493 e. The molecule has 4 rings (SSSR count). The molecule has 0 fully saturated rings. The van der Waals surface area contributed by atoms with Crippen LogP contribution in [-0.2, 0) is 38.8 Å². The number of hydrogen-bond donors (Lipinski definition) is 2. The number of ether oxygens (including phenoxy) is 4. The number of nitrogens with zero attached hydrogens (tertiary/aromatic N) is 2. The Kier molecular flexibility index (Phi) is 11.0. The van der Waals surface area contributed by atoms with Gasteiger partial charge in [-0.15, -0.1) is 0 Å². The Morgan fingerprint density at radius 3 is 2.02 bits per heavy atom. The van der Waals surface area contributed by atoms with E-state index in [9.17, 15) is 24.3 Å². The molecule has 0 bridgehead atoms. The van der Waals surface area contributed by atoms with Crippen LogP contribution >= 0.6 is 15.9 Å². The summed E-state index contributed by atoms with van der Waals surface area (Å²) in [5.41, 5.74) is 2.59. The molecule has 14 heteroatoms. The number of carboxylic acid groups (broad SMARTS) is 2. The zero-order valence-electron chi connectivity index (χ0n) is 26.4. The lowest BCUT2D eigenvalue weighted by molar-refractivity contribution is -0.146. The molecule has 12 nitrogen and oxygen atoms in total. The van der Waals surface area contributed by atoms with Gasteiger partial charge < -0.3 is 39.0 Å². The van der Waals surface area contributed by atoms with Crippen LogP contribution in [0.3, 0.4) is 0 Å². The van der Waals surface area contributed by atoms with Crippen molar-refractivity contribution in [3.05, 3.63) is 44.7 Å². The molecule has 2 aromatic carbocycles. The summed E-state index contributed by atoms with van der Waals surface area (Å²) in [5.74, 6) is -4.01. The van der Waals surface area contributed by atoms with Crippen molar-refractivity contribution >= 4 is 39.7 Å². The molecule has 0 saturated heterocycles. The van der Waals surface area contributed by atoms with Gasteiger partial charge in [-0.2, -0.15) is 0 Å². The number of aliphatic carboxylic acids is 2. The first-order valence-electron chi connectivity index (χ1n) is 14.8. The van der Waals surface area contributed by atoms with Gasteiger partial charge in [-0.25, -0.2) is 4.39 Å². The lowest BCUT2D eigenvalue weighted by atomic mass is 10.0. The Morgan fingerprint density at radius 1 is 0.891 bits per heavy atom. The van der Waals surface area contributed by atoms with Crippen molar-refractivity contribution in [3.8, 4) is 23.0 Å². The summed E-state index contributed by atoms with van der Waals surface area (Å²) in [6.45, 7) is 5.73. The monoisotopic (exact) mass is 708 g/mol. The van der Waals surface area contributed by atoms with Crippen molar-refractivity contribution in [1.82, 2.24) is 9.80 Å². The van der Waals surface area contributed by atoms with Crippen LogP contribution in [0.15, 0.2) is 16.6 Å². The van der Waals surface area contributed by atoms with Crippen molar-refractivity contribution in [1.29, 1.82) is 0 Å². The van der Waals surface area contributed by atoms with Crippen LogP contribution in [0.25, 0.3) is 0 Å². The van der Waals surface area contributed by atoms with Gasteiger partial charge in [0, 0.05) is 50.0 Å². The zero-order valence-corrected chi connectivity index (χ0v) is 27.9. The fourth-order valence-corrected chi connectivity index (χ4v) is 6.46. The minimum atomic E-state index is -1.08. The molecule has 0 aromatic heterocycles. The SMILES string of the molecule is COc1cc2c(cc1OCCCOc1c(Br)c3c(c(F)c1OC)CN(C(=O)CC(C)C(=O)O)C3C)CN(C(=O)CC(C)C(=O)O)C2. The maximum Gasteiger partial charge on any atom is 0.306 e. The van der Waals surface area contributed by atoms with Crippen LogP contribution in [0.4, 0.5) is 4.39 Å². The number of hydrogen-bond acceptors (Lipinski definition) is 8. The minimum Gasteiger partial charge on any atom is -0.493 e. The molecule has 2 heterocycles. The van der Waals surface area contributed by atoms with Crippen molar-refractivity contribution in [2.75, 3.05) is 27.4 Å². The first-order valence-corrected chi connectivity index (χ1v) is 15.6.